The number of hydrogen-bond donors (Lipinski definition) is 2. The molecule has 2 rings (SSSR count). The third-order valence-corrected chi connectivity index (χ3v) is 4.25. The van der Waals surface area contributed by atoms with Crippen molar-refractivity contribution in [3.8, 4) is 0 Å². The molecule has 2 aromatic rings. The van der Waals surface area contributed by atoms with Crippen LogP contribution >= 0.6 is 11.5 Å². The van der Waals surface area contributed by atoms with E-state index in [-0.39, 0.29) is 10.7 Å². The van der Waals surface area contributed by atoms with Crippen LogP contribution < -0.4 is 11.1 Å². The topological polar surface area (TPSA) is 116 Å². The first kappa shape index (κ1) is 12.8. The Morgan fingerprint density at radius 1 is 1.56 bits per heavy atom. The lowest BCUT2D eigenvalue weighted by molar-refractivity contribution is 0.601. The molecule has 2 heterocycles. The average Bonchev–Trinajstić information content (AvgIpc) is 2.87. The Labute approximate surface area is 108 Å². The summed E-state index contributed by atoms with van der Waals surface area (Å²) in [5, 5.41) is 10.9. The first-order chi connectivity index (χ1) is 8.48. The highest BCUT2D eigenvalue weighted by atomic mass is 32.2. The maximum Gasteiger partial charge on any atom is 0.182 e. The summed E-state index contributed by atoms with van der Waals surface area (Å²) in [7, 11) is -3.38. The number of anilines is 2. The minimum Gasteiger partial charge on any atom is -0.382 e. The van der Waals surface area contributed by atoms with Gasteiger partial charge in [-0.3, -0.25) is 4.68 Å². The minimum atomic E-state index is -3.38. The van der Waals surface area contributed by atoms with E-state index in [1.54, 1.807) is 17.1 Å². The van der Waals surface area contributed by atoms with Gasteiger partial charge in [0.05, 0.1) is 12.7 Å². The van der Waals surface area contributed by atoms with Crippen molar-refractivity contribution < 1.29 is 8.42 Å². The van der Waals surface area contributed by atoms with E-state index in [0.29, 0.717) is 18.1 Å². The molecule has 10 heteroatoms. The molecule has 98 valence electrons. The van der Waals surface area contributed by atoms with E-state index in [0.717, 1.165) is 17.8 Å². The fourth-order valence-corrected chi connectivity index (χ4v) is 3.49. The predicted octanol–water partition coefficient (Wildman–Crippen LogP) is -0.168. The molecule has 0 aliphatic rings. The average molecular weight is 288 g/mol. The zero-order valence-corrected chi connectivity index (χ0v) is 11.2. The Kier molecular flexibility index (Phi) is 3.48. The van der Waals surface area contributed by atoms with Gasteiger partial charge < -0.3 is 11.1 Å². The standard InChI is InChI=1S/C8H12N6O2S2/c1-18(15,16)6-7(9)12-17-8(6)10-2-4-14-5-3-11-13-14/h3,5,10H,2,4H2,1H3,(H2,9,12). The van der Waals surface area contributed by atoms with Gasteiger partial charge in [-0.1, -0.05) is 5.21 Å². The zero-order chi connectivity index (χ0) is 13.2. The molecule has 0 aromatic carbocycles. The van der Waals surface area contributed by atoms with E-state index in [2.05, 4.69) is 20.0 Å². The van der Waals surface area contributed by atoms with Gasteiger partial charge in [0.2, 0.25) is 0 Å². The van der Waals surface area contributed by atoms with Crippen LogP contribution in [0.25, 0.3) is 0 Å². The molecule has 3 N–H and O–H groups in total. The van der Waals surface area contributed by atoms with E-state index in [4.69, 9.17) is 5.73 Å². The summed E-state index contributed by atoms with van der Waals surface area (Å²) < 4.78 is 28.6. The van der Waals surface area contributed by atoms with Crippen molar-refractivity contribution in [3.05, 3.63) is 12.4 Å². The van der Waals surface area contributed by atoms with Gasteiger partial charge in [-0.2, -0.15) is 4.37 Å². The molecular weight excluding hydrogens is 276 g/mol. The molecule has 0 unspecified atom stereocenters. The van der Waals surface area contributed by atoms with Gasteiger partial charge in [0.15, 0.2) is 15.7 Å². The number of nitrogens with one attached hydrogen (secondary N) is 1. The van der Waals surface area contributed by atoms with Crippen molar-refractivity contribution in [2.45, 2.75) is 11.4 Å². The van der Waals surface area contributed by atoms with Crippen LogP contribution in [0.15, 0.2) is 17.3 Å². The van der Waals surface area contributed by atoms with Gasteiger partial charge in [0.1, 0.15) is 9.90 Å². The van der Waals surface area contributed by atoms with Gasteiger partial charge in [0, 0.05) is 19.0 Å². The summed E-state index contributed by atoms with van der Waals surface area (Å²) in [6, 6.07) is 0. The largest absolute Gasteiger partial charge is 0.382 e. The van der Waals surface area contributed by atoms with E-state index in [1.165, 1.54) is 0 Å². The normalized spacial score (nSPS) is 11.6. The van der Waals surface area contributed by atoms with E-state index in [1.807, 2.05) is 0 Å². The molecule has 0 bridgehead atoms. The van der Waals surface area contributed by atoms with E-state index < -0.39 is 9.84 Å². The van der Waals surface area contributed by atoms with Crippen LogP contribution in [0.2, 0.25) is 0 Å². The summed E-state index contributed by atoms with van der Waals surface area (Å²) in [4.78, 5) is 0.0612. The monoisotopic (exact) mass is 288 g/mol. The van der Waals surface area contributed by atoms with Crippen molar-refractivity contribution >= 4 is 32.2 Å². The summed E-state index contributed by atoms with van der Waals surface area (Å²) in [6.45, 7) is 1.08. The first-order valence-corrected chi connectivity index (χ1v) is 7.68. The van der Waals surface area contributed by atoms with Crippen molar-refractivity contribution in [1.29, 1.82) is 0 Å². The van der Waals surface area contributed by atoms with E-state index >= 15 is 0 Å². The minimum absolute atomic E-state index is 0.0331. The Balaban J connectivity index is 2.06. The zero-order valence-electron chi connectivity index (χ0n) is 9.57. The van der Waals surface area contributed by atoms with Crippen LogP contribution in [0.4, 0.5) is 10.8 Å². The second-order valence-corrected chi connectivity index (χ2v) is 6.32. The first-order valence-electron chi connectivity index (χ1n) is 5.01. The van der Waals surface area contributed by atoms with Crippen LogP contribution in [0.5, 0.6) is 0 Å². The van der Waals surface area contributed by atoms with Crippen LogP contribution in [0.3, 0.4) is 0 Å². The van der Waals surface area contributed by atoms with Crippen LogP contribution in [0, 0.1) is 0 Å². The molecule has 0 saturated heterocycles. The SMILES string of the molecule is CS(=O)(=O)c1c(N)nsc1NCCn1ccnn1. The van der Waals surface area contributed by atoms with Crippen LogP contribution in [-0.2, 0) is 16.4 Å². The molecule has 0 atom stereocenters. The lowest BCUT2D eigenvalue weighted by Gasteiger charge is -2.05. The number of nitrogens with two attached hydrogens (primary N) is 1. The molecule has 8 nitrogen and oxygen atoms in total. The molecule has 0 spiro atoms. The molecule has 0 aliphatic heterocycles. The Morgan fingerprint density at radius 2 is 2.33 bits per heavy atom. The number of nitrogen functional groups attached to an aromatic ring is 1. The molecule has 0 saturated carbocycles. The fourth-order valence-electron chi connectivity index (χ4n) is 1.40. The third kappa shape index (κ3) is 2.76. The lowest BCUT2D eigenvalue weighted by atomic mass is 10.5. The Bertz CT molecular complexity index is 618. The number of aromatic nitrogens is 4. The summed E-state index contributed by atoms with van der Waals surface area (Å²) in [5.41, 5.74) is 5.55. The van der Waals surface area contributed by atoms with Gasteiger partial charge in [0.25, 0.3) is 0 Å². The van der Waals surface area contributed by atoms with Crippen molar-refractivity contribution in [3.63, 3.8) is 0 Å². The maximum absolute atomic E-state index is 11.5. The van der Waals surface area contributed by atoms with Crippen molar-refractivity contribution in [1.82, 2.24) is 19.4 Å². The highest BCUT2D eigenvalue weighted by Gasteiger charge is 2.20. The summed E-state index contributed by atoms with van der Waals surface area (Å²) in [5.74, 6) is 0.0331. The van der Waals surface area contributed by atoms with Gasteiger partial charge in [-0.05, 0) is 11.5 Å². The second kappa shape index (κ2) is 4.90. The molecule has 0 aliphatic carbocycles. The van der Waals surface area contributed by atoms with Crippen molar-refractivity contribution in [2.24, 2.45) is 0 Å². The summed E-state index contributed by atoms with van der Waals surface area (Å²) >= 11 is 1.03. The molecule has 0 amide bonds. The number of sulfone groups is 1. The Hall–Kier alpha value is -1.68. The van der Waals surface area contributed by atoms with Crippen LogP contribution in [0.1, 0.15) is 0 Å². The molecule has 0 fully saturated rings. The Morgan fingerprint density at radius 3 is 2.94 bits per heavy atom. The van der Waals surface area contributed by atoms with Crippen molar-refractivity contribution in [2.75, 3.05) is 23.9 Å². The second-order valence-electron chi connectivity index (χ2n) is 3.59. The maximum atomic E-state index is 11.5. The lowest BCUT2D eigenvalue weighted by Crippen LogP contribution is -2.12. The number of hydrogen-bond acceptors (Lipinski definition) is 8. The predicted molar refractivity (Wildman–Crippen MR) is 68.1 cm³/mol. The highest BCUT2D eigenvalue weighted by molar-refractivity contribution is 7.91. The van der Waals surface area contributed by atoms with Gasteiger partial charge in [-0.25, -0.2) is 8.42 Å². The highest BCUT2D eigenvalue weighted by Crippen LogP contribution is 2.30. The molecular formula is C8H12N6O2S2. The van der Waals surface area contributed by atoms with Gasteiger partial charge in [-0.15, -0.1) is 5.10 Å². The molecule has 2 aromatic heterocycles. The molecule has 0 radical (unpaired) electrons. The fraction of sp³-hybridized carbons (Fsp3) is 0.375. The van der Waals surface area contributed by atoms with E-state index in [9.17, 15) is 8.42 Å². The van der Waals surface area contributed by atoms with Gasteiger partial charge >= 0.3 is 0 Å². The van der Waals surface area contributed by atoms with Crippen LogP contribution in [-0.4, -0.2) is 40.6 Å². The number of rotatable bonds is 5. The smallest absolute Gasteiger partial charge is 0.182 e. The number of nitrogens with zero attached hydrogens (tertiary/aromatic N) is 4. The third-order valence-electron chi connectivity index (χ3n) is 2.14. The quantitative estimate of drug-likeness (QED) is 0.784. The summed E-state index contributed by atoms with van der Waals surface area (Å²) in [6.07, 6.45) is 4.41. The molecule has 18 heavy (non-hydrogen) atoms.